The zero-order valence-corrected chi connectivity index (χ0v) is 12.0. The summed E-state index contributed by atoms with van der Waals surface area (Å²) in [7, 11) is 0. The number of piperidine rings is 1. The largest absolute Gasteiger partial charge is 0.481 e. The Balaban J connectivity index is 1.66. The van der Waals surface area contributed by atoms with Crippen LogP contribution < -0.4 is 4.90 Å². The standard InChI is InChI=1S/C14H17N3O2S/c18-12(19)2-1-10-3-6-17(7-4-10)14-13-11(5-8-20-13)9-15-16-14/h5,8-10H,1-4,6-7H2,(H,18,19). The molecule has 6 heteroatoms. The second-order valence-corrected chi connectivity index (χ2v) is 6.15. The fraction of sp³-hybridized carbons (Fsp3) is 0.500. The molecule has 20 heavy (non-hydrogen) atoms. The first-order valence-electron chi connectivity index (χ1n) is 6.89. The van der Waals surface area contributed by atoms with Gasteiger partial charge in [-0.15, -0.1) is 16.4 Å². The van der Waals surface area contributed by atoms with Gasteiger partial charge >= 0.3 is 5.97 Å². The van der Waals surface area contributed by atoms with E-state index in [1.165, 1.54) is 4.70 Å². The number of aromatic nitrogens is 2. The Morgan fingerprint density at radius 3 is 3.00 bits per heavy atom. The minimum atomic E-state index is -0.693. The Kier molecular flexibility index (Phi) is 3.82. The lowest BCUT2D eigenvalue weighted by atomic mass is 9.92. The van der Waals surface area contributed by atoms with Crippen molar-refractivity contribution < 1.29 is 9.90 Å². The minimum absolute atomic E-state index is 0.283. The van der Waals surface area contributed by atoms with Crippen LogP contribution in [0.2, 0.25) is 0 Å². The Bertz CT molecular complexity index is 605. The van der Waals surface area contributed by atoms with Crippen molar-refractivity contribution in [3.63, 3.8) is 0 Å². The van der Waals surface area contributed by atoms with Crippen LogP contribution in [0.1, 0.15) is 25.7 Å². The van der Waals surface area contributed by atoms with E-state index in [1.807, 2.05) is 0 Å². The van der Waals surface area contributed by atoms with Crippen molar-refractivity contribution in [3.8, 4) is 0 Å². The quantitative estimate of drug-likeness (QED) is 0.938. The molecular formula is C14H17N3O2S. The summed E-state index contributed by atoms with van der Waals surface area (Å²) < 4.78 is 1.20. The minimum Gasteiger partial charge on any atom is -0.481 e. The third kappa shape index (κ3) is 2.75. The van der Waals surface area contributed by atoms with Gasteiger partial charge in [-0.3, -0.25) is 4.79 Å². The van der Waals surface area contributed by atoms with Crippen LogP contribution in [-0.2, 0) is 4.79 Å². The number of carboxylic acid groups (broad SMARTS) is 1. The summed E-state index contributed by atoms with van der Waals surface area (Å²) in [5, 5.41) is 20.3. The first-order chi connectivity index (χ1) is 9.74. The van der Waals surface area contributed by atoms with E-state index < -0.39 is 5.97 Å². The molecule has 0 radical (unpaired) electrons. The van der Waals surface area contributed by atoms with E-state index in [9.17, 15) is 4.79 Å². The second kappa shape index (κ2) is 5.75. The van der Waals surface area contributed by atoms with Gasteiger partial charge in [-0.2, -0.15) is 5.10 Å². The van der Waals surface area contributed by atoms with Gasteiger partial charge in [0.15, 0.2) is 5.82 Å². The van der Waals surface area contributed by atoms with Crippen LogP contribution in [-0.4, -0.2) is 34.4 Å². The van der Waals surface area contributed by atoms with E-state index >= 15 is 0 Å². The van der Waals surface area contributed by atoms with Crippen molar-refractivity contribution in [2.45, 2.75) is 25.7 Å². The van der Waals surface area contributed by atoms with Gasteiger partial charge in [0.2, 0.25) is 0 Å². The van der Waals surface area contributed by atoms with E-state index in [-0.39, 0.29) is 6.42 Å². The molecule has 106 valence electrons. The number of aliphatic carboxylic acids is 1. The topological polar surface area (TPSA) is 66.3 Å². The SMILES string of the molecule is O=C(O)CCC1CCN(c2nncc3ccsc23)CC1. The van der Waals surface area contributed by atoms with Crippen molar-refractivity contribution in [3.05, 3.63) is 17.6 Å². The number of hydrogen-bond donors (Lipinski definition) is 1. The number of fused-ring (bicyclic) bond motifs is 1. The van der Waals surface area contributed by atoms with Gasteiger partial charge in [0.1, 0.15) is 0 Å². The lowest BCUT2D eigenvalue weighted by Gasteiger charge is -2.32. The van der Waals surface area contributed by atoms with E-state index in [0.717, 1.165) is 43.6 Å². The van der Waals surface area contributed by atoms with E-state index in [0.29, 0.717) is 5.92 Å². The predicted molar refractivity (Wildman–Crippen MR) is 79.2 cm³/mol. The molecule has 1 N–H and O–H groups in total. The molecular weight excluding hydrogens is 274 g/mol. The maximum Gasteiger partial charge on any atom is 0.303 e. The maximum absolute atomic E-state index is 10.6. The fourth-order valence-corrected chi connectivity index (χ4v) is 3.64. The number of carbonyl (C=O) groups is 1. The highest BCUT2D eigenvalue weighted by Gasteiger charge is 2.22. The fourth-order valence-electron chi connectivity index (χ4n) is 2.76. The van der Waals surface area contributed by atoms with Gasteiger partial charge in [-0.1, -0.05) is 0 Å². The molecule has 1 aliphatic heterocycles. The molecule has 0 spiro atoms. The zero-order valence-electron chi connectivity index (χ0n) is 11.2. The zero-order chi connectivity index (χ0) is 13.9. The number of carboxylic acids is 1. The Labute approximate surface area is 121 Å². The smallest absolute Gasteiger partial charge is 0.303 e. The van der Waals surface area contributed by atoms with Crippen LogP contribution >= 0.6 is 11.3 Å². The van der Waals surface area contributed by atoms with E-state index in [2.05, 4.69) is 26.5 Å². The summed E-state index contributed by atoms with van der Waals surface area (Å²) >= 11 is 1.70. The second-order valence-electron chi connectivity index (χ2n) is 5.24. The lowest BCUT2D eigenvalue weighted by Crippen LogP contribution is -2.34. The Hall–Kier alpha value is -1.69. The van der Waals surface area contributed by atoms with Gasteiger partial charge in [-0.05, 0) is 36.6 Å². The highest BCUT2D eigenvalue weighted by Crippen LogP contribution is 2.31. The van der Waals surface area contributed by atoms with Crippen LogP contribution in [0.3, 0.4) is 0 Å². The molecule has 0 unspecified atom stereocenters. The molecule has 5 nitrogen and oxygen atoms in total. The van der Waals surface area contributed by atoms with Gasteiger partial charge in [0, 0.05) is 24.9 Å². The molecule has 0 amide bonds. The van der Waals surface area contributed by atoms with Crippen molar-refractivity contribution in [1.29, 1.82) is 0 Å². The average Bonchev–Trinajstić information content (AvgIpc) is 2.94. The first-order valence-corrected chi connectivity index (χ1v) is 7.77. The van der Waals surface area contributed by atoms with Crippen molar-refractivity contribution in [2.75, 3.05) is 18.0 Å². The molecule has 1 aliphatic rings. The summed E-state index contributed by atoms with van der Waals surface area (Å²) in [4.78, 5) is 12.9. The van der Waals surface area contributed by atoms with Crippen LogP contribution in [0.25, 0.3) is 10.1 Å². The maximum atomic E-state index is 10.6. The molecule has 1 saturated heterocycles. The first kappa shape index (κ1) is 13.3. The van der Waals surface area contributed by atoms with Crippen molar-refractivity contribution in [2.24, 2.45) is 5.92 Å². The highest BCUT2D eigenvalue weighted by molar-refractivity contribution is 7.17. The Morgan fingerprint density at radius 2 is 2.25 bits per heavy atom. The Morgan fingerprint density at radius 1 is 1.45 bits per heavy atom. The summed E-state index contributed by atoms with van der Waals surface area (Å²) in [6, 6.07) is 2.07. The van der Waals surface area contributed by atoms with Gasteiger partial charge in [0.25, 0.3) is 0 Å². The highest BCUT2D eigenvalue weighted by atomic mass is 32.1. The third-order valence-corrected chi connectivity index (χ3v) is 4.85. The van der Waals surface area contributed by atoms with E-state index in [4.69, 9.17) is 5.11 Å². The van der Waals surface area contributed by atoms with Crippen LogP contribution in [0.15, 0.2) is 17.6 Å². The van der Waals surface area contributed by atoms with Crippen LogP contribution in [0.5, 0.6) is 0 Å². The normalized spacial score (nSPS) is 16.7. The number of anilines is 1. The van der Waals surface area contributed by atoms with Gasteiger partial charge < -0.3 is 10.0 Å². The molecule has 0 saturated carbocycles. The predicted octanol–water partition coefficient (Wildman–Crippen LogP) is 2.77. The summed E-state index contributed by atoms with van der Waals surface area (Å²) in [6.45, 7) is 1.88. The monoisotopic (exact) mass is 291 g/mol. The molecule has 0 atom stereocenters. The number of hydrogen-bond acceptors (Lipinski definition) is 5. The van der Waals surface area contributed by atoms with Gasteiger partial charge in [0.05, 0.1) is 10.9 Å². The summed E-state index contributed by atoms with van der Waals surface area (Å²) in [5.41, 5.74) is 0. The van der Waals surface area contributed by atoms with E-state index in [1.54, 1.807) is 17.5 Å². The molecule has 3 rings (SSSR count). The molecule has 0 bridgehead atoms. The molecule has 3 heterocycles. The third-order valence-electron chi connectivity index (χ3n) is 3.93. The molecule has 2 aromatic rings. The molecule has 0 aromatic carbocycles. The lowest BCUT2D eigenvalue weighted by molar-refractivity contribution is -0.137. The summed E-state index contributed by atoms with van der Waals surface area (Å²) in [6.07, 6.45) is 4.95. The van der Waals surface area contributed by atoms with Gasteiger partial charge in [-0.25, -0.2) is 0 Å². The van der Waals surface area contributed by atoms with Crippen molar-refractivity contribution in [1.82, 2.24) is 10.2 Å². The average molecular weight is 291 g/mol. The van der Waals surface area contributed by atoms with Crippen LogP contribution in [0.4, 0.5) is 5.82 Å². The molecule has 2 aromatic heterocycles. The molecule has 1 fully saturated rings. The summed E-state index contributed by atoms with van der Waals surface area (Å²) in [5.74, 6) is 0.814. The van der Waals surface area contributed by atoms with Crippen molar-refractivity contribution >= 4 is 33.2 Å². The molecule has 0 aliphatic carbocycles. The number of rotatable bonds is 4. The van der Waals surface area contributed by atoms with Crippen LogP contribution in [0, 0.1) is 5.92 Å². The number of thiophene rings is 1. The number of nitrogens with zero attached hydrogens (tertiary/aromatic N) is 3.